The molecule has 5 nitrogen and oxygen atoms in total. The summed E-state index contributed by atoms with van der Waals surface area (Å²) < 4.78 is 13.7. The van der Waals surface area contributed by atoms with Crippen molar-refractivity contribution in [2.75, 3.05) is 31.1 Å². The maximum Gasteiger partial charge on any atom is 0.253 e. The lowest BCUT2D eigenvalue weighted by molar-refractivity contribution is 0.0712. The average molecular weight is 382 g/mol. The molecule has 6 heteroatoms. The van der Waals surface area contributed by atoms with Crippen molar-refractivity contribution in [1.82, 2.24) is 9.88 Å². The number of hydrogen-bond acceptors (Lipinski definition) is 4. The Kier molecular flexibility index (Phi) is 5.20. The van der Waals surface area contributed by atoms with Crippen LogP contribution in [0.3, 0.4) is 0 Å². The molecule has 4 rings (SSSR count). The summed E-state index contributed by atoms with van der Waals surface area (Å²) in [5.74, 6) is -0.0714. The molecular formula is C22H25FN3O2. The Bertz CT molecular complexity index is 849. The predicted octanol–water partition coefficient (Wildman–Crippen LogP) is 3.73. The molecular weight excluding hydrogens is 357 g/mol. The van der Waals surface area contributed by atoms with Gasteiger partial charge < -0.3 is 14.9 Å². The molecule has 0 saturated carbocycles. The second-order valence-electron chi connectivity index (χ2n) is 7.67. The highest BCUT2D eigenvalue weighted by Crippen LogP contribution is 2.31. The third kappa shape index (κ3) is 3.68. The van der Waals surface area contributed by atoms with E-state index >= 15 is 0 Å². The minimum atomic E-state index is -0.808. The van der Waals surface area contributed by atoms with Gasteiger partial charge in [-0.1, -0.05) is 0 Å². The number of aromatic nitrogens is 1. The molecule has 1 N–H and O–H groups in total. The number of carbonyl (C=O) groups is 1. The van der Waals surface area contributed by atoms with Gasteiger partial charge >= 0.3 is 0 Å². The summed E-state index contributed by atoms with van der Waals surface area (Å²) >= 11 is 0. The first kappa shape index (κ1) is 18.7. The average Bonchev–Trinajstić information content (AvgIpc) is 3.26. The van der Waals surface area contributed by atoms with Crippen molar-refractivity contribution in [1.29, 1.82) is 0 Å². The van der Waals surface area contributed by atoms with Crippen molar-refractivity contribution < 1.29 is 14.3 Å². The number of anilines is 1. The lowest BCUT2D eigenvalue weighted by atomic mass is 9.89. The number of aromatic hydroxyl groups is 1. The number of phenolic OH excluding ortho intramolecular Hbond substituents is 1. The van der Waals surface area contributed by atoms with E-state index in [2.05, 4.69) is 28.9 Å². The third-order valence-corrected chi connectivity index (χ3v) is 5.84. The molecule has 2 fully saturated rings. The van der Waals surface area contributed by atoms with Gasteiger partial charge in [0, 0.05) is 37.9 Å². The highest BCUT2D eigenvalue weighted by Gasteiger charge is 2.26. The Balaban J connectivity index is 1.42. The molecule has 147 valence electrons. The molecule has 1 aromatic heterocycles. The lowest BCUT2D eigenvalue weighted by Crippen LogP contribution is -2.38. The van der Waals surface area contributed by atoms with Crippen LogP contribution in [0, 0.1) is 12.7 Å². The fourth-order valence-electron chi connectivity index (χ4n) is 4.19. The van der Waals surface area contributed by atoms with E-state index in [4.69, 9.17) is 0 Å². The molecule has 2 aliphatic heterocycles. The minimum Gasteiger partial charge on any atom is -0.505 e. The van der Waals surface area contributed by atoms with E-state index in [-0.39, 0.29) is 17.0 Å². The zero-order chi connectivity index (χ0) is 19.7. The van der Waals surface area contributed by atoms with E-state index in [1.807, 2.05) is 6.20 Å². The van der Waals surface area contributed by atoms with Crippen molar-refractivity contribution in [3.05, 3.63) is 59.9 Å². The van der Waals surface area contributed by atoms with E-state index in [9.17, 15) is 14.3 Å². The molecule has 3 heterocycles. The van der Waals surface area contributed by atoms with E-state index in [0.29, 0.717) is 19.0 Å². The van der Waals surface area contributed by atoms with Crippen LogP contribution in [0.2, 0.25) is 0 Å². The molecule has 0 unspecified atom stereocenters. The van der Waals surface area contributed by atoms with Crippen LogP contribution in [0.1, 0.15) is 53.1 Å². The fourth-order valence-corrected chi connectivity index (χ4v) is 4.19. The predicted molar refractivity (Wildman–Crippen MR) is 106 cm³/mol. The summed E-state index contributed by atoms with van der Waals surface area (Å²) in [6, 6.07) is 6.80. The number of piperidine rings is 1. The minimum absolute atomic E-state index is 0.129. The highest BCUT2D eigenvalue weighted by atomic mass is 19.1. The number of pyridine rings is 1. The number of amides is 1. The van der Waals surface area contributed by atoms with Gasteiger partial charge in [0.05, 0.1) is 0 Å². The number of halogens is 1. The second-order valence-corrected chi connectivity index (χ2v) is 7.67. The van der Waals surface area contributed by atoms with Crippen LogP contribution in [0.5, 0.6) is 5.75 Å². The molecule has 0 spiro atoms. The van der Waals surface area contributed by atoms with Gasteiger partial charge in [0.2, 0.25) is 0 Å². The van der Waals surface area contributed by atoms with Gasteiger partial charge in [-0.2, -0.15) is 0 Å². The third-order valence-electron chi connectivity index (χ3n) is 5.84. The number of phenols is 1. The van der Waals surface area contributed by atoms with Gasteiger partial charge in [-0.25, -0.2) is 9.37 Å². The molecule has 28 heavy (non-hydrogen) atoms. The number of hydrogen-bond donors (Lipinski definition) is 1. The van der Waals surface area contributed by atoms with Crippen LogP contribution in [0.4, 0.5) is 10.2 Å². The standard InChI is InChI=1S/C22H25FN3O2/c1-15-12-18(13-19(23)21(15)27)22(28)26-10-5-16(6-11-26)17-4-7-24-20(14-17)25-8-2-3-9-25/h4,7,12-14,16,27H,1-3,5-6,8-11H2. The molecule has 1 amide bonds. The monoisotopic (exact) mass is 382 g/mol. The van der Waals surface area contributed by atoms with Crippen molar-refractivity contribution >= 4 is 11.7 Å². The van der Waals surface area contributed by atoms with Gasteiger partial charge in [-0.3, -0.25) is 4.79 Å². The first-order valence-electron chi connectivity index (χ1n) is 9.87. The Hall–Kier alpha value is -2.63. The summed E-state index contributed by atoms with van der Waals surface area (Å²) in [5.41, 5.74) is 1.64. The SMILES string of the molecule is [CH2]c1cc(C(=O)N2CCC(c3ccnc(N4CCCC4)c3)CC2)cc(F)c1O. The highest BCUT2D eigenvalue weighted by molar-refractivity contribution is 5.94. The molecule has 0 atom stereocenters. The maximum absolute atomic E-state index is 13.7. The fraction of sp³-hybridized carbons (Fsp3) is 0.409. The number of rotatable bonds is 3. The zero-order valence-electron chi connectivity index (χ0n) is 15.9. The first-order chi connectivity index (χ1) is 13.5. The van der Waals surface area contributed by atoms with Crippen LogP contribution < -0.4 is 4.90 Å². The van der Waals surface area contributed by atoms with E-state index in [1.54, 1.807) is 4.90 Å². The van der Waals surface area contributed by atoms with Crippen molar-refractivity contribution in [2.45, 2.75) is 31.6 Å². The van der Waals surface area contributed by atoms with Crippen LogP contribution in [0.15, 0.2) is 30.5 Å². The second kappa shape index (κ2) is 7.78. The summed E-state index contributed by atoms with van der Waals surface area (Å²) in [6.07, 6.45) is 6.06. The molecule has 0 aliphatic carbocycles. The van der Waals surface area contributed by atoms with Crippen LogP contribution >= 0.6 is 0 Å². The quantitative estimate of drug-likeness (QED) is 0.879. The van der Waals surface area contributed by atoms with Crippen LogP contribution in [-0.2, 0) is 0 Å². The van der Waals surface area contributed by atoms with Crippen LogP contribution in [0.25, 0.3) is 0 Å². The first-order valence-corrected chi connectivity index (χ1v) is 9.87. The summed E-state index contributed by atoms with van der Waals surface area (Å²) in [5, 5.41) is 9.51. The Labute approximate surface area is 164 Å². The van der Waals surface area contributed by atoms with E-state index in [1.165, 1.54) is 24.5 Å². The van der Waals surface area contributed by atoms with E-state index < -0.39 is 11.6 Å². The van der Waals surface area contributed by atoms with Gasteiger partial charge in [0.15, 0.2) is 11.6 Å². The maximum atomic E-state index is 13.7. The zero-order valence-corrected chi connectivity index (χ0v) is 15.9. The molecule has 0 bridgehead atoms. The molecule has 2 aromatic rings. The molecule has 2 aliphatic rings. The largest absolute Gasteiger partial charge is 0.505 e. The lowest BCUT2D eigenvalue weighted by Gasteiger charge is -2.32. The Morgan fingerprint density at radius 1 is 1.14 bits per heavy atom. The Morgan fingerprint density at radius 2 is 1.86 bits per heavy atom. The molecule has 2 saturated heterocycles. The number of nitrogens with zero attached hydrogens (tertiary/aromatic N) is 3. The topological polar surface area (TPSA) is 56.7 Å². The van der Waals surface area contributed by atoms with Crippen LogP contribution in [-0.4, -0.2) is 47.1 Å². The van der Waals surface area contributed by atoms with Gasteiger partial charge in [0.1, 0.15) is 5.82 Å². The van der Waals surface area contributed by atoms with Crippen molar-refractivity contribution in [2.24, 2.45) is 0 Å². The number of carbonyl (C=O) groups excluding carboxylic acids is 1. The number of benzene rings is 1. The van der Waals surface area contributed by atoms with Gasteiger partial charge in [-0.15, -0.1) is 0 Å². The summed E-state index contributed by atoms with van der Waals surface area (Å²) in [7, 11) is 0. The van der Waals surface area contributed by atoms with E-state index in [0.717, 1.165) is 37.8 Å². The summed E-state index contributed by atoms with van der Waals surface area (Å²) in [4.78, 5) is 21.3. The van der Waals surface area contributed by atoms with Gasteiger partial charge in [0.25, 0.3) is 5.91 Å². The molecule has 1 radical (unpaired) electrons. The normalized spacial score (nSPS) is 17.9. The number of likely N-dealkylation sites (tertiary alicyclic amines) is 1. The van der Waals surface area contributed by atoms with Crippen molar-refractivity contribution in [3.63, 3.8) is 0 Å². The smallest absolute Gasteiger partial charge is 0.253 e. The summed E-state index contributed by atoms with van der Waals surface area (Å²) in [6.45, 7) is 6.98. The molecule has 1 aromatic carbocycles. The van der Waals surface area contributed by atoms with Crippen molar-refractivity contribution in [3.8, 4) is 5.75 Å². The Morgan fingerprint density at radius 3 is 2.54 bits per heavy atom. The van der Waals surface area contributed by atoms with Gasteiger partial charge in [-0.05, 0) is 73.9 Å².